The summed E-state index contributed by atoms with van der Waals surface area (Å²) in [4.78, 5) is 12.0. The third kappa shape index (κ3) is 3.28. The van der Waals surface area contributed by atoms with Crippen LogP contribution < -0.4 is 15.8 Å². The lowest BCUT2D eigenvalue weighted by atomic mass is 10.1. The summed E-state index contributed by atoms with van der Waals surface area (Å²) < 4.78 is 6.83. The van der Waals surface area contributed by atoms with Gasteiger partial charge in [-0.3, -0.25) is 9.48 Å². The van der Waals surface area contributed by atoms with Gasteiger partial charge in [-0.05, 0) is 24.3 Å². The van der Waals surface area contributed by atoms with E-state index in [2.05, 4.69) is 10.4 Å². The molecule has 1 aromatic carbocycles. The van der Waals surface area contributed by atoms with Gasteiger partial charge in [-0.2, -0.15) is 5.10 Å². The largest absolute Gasteiger partial charge is 0.495 e. The number of nitrogens with zero attached hydrogens (tertiary/aromatic N) is 2. The summed E-state index contributed by atoms with van der Waals surface area (Å²) >= 11 is 0. The number of ether oxygens (including phenoxy) is 1. The molecular formula is C14H18N4O2. The fourth-order valence-electron chi connectivity index (χ4n) is 1.86. The number of amides is 1. The van der Waals surface area contributed by atoms with Crippen LogP contribution in [0.2, 0.25) is 0 Å². The number of nitrogens with two attached hydrogens (primary N) is 1. The summed E-state index contributed by atoms with van der Waals surface area (Å²) in [5.41, 5.74) is 7.69. The molecule has 0 unspecified atom stereocenters. The van der Waals surface area contributed by atoms with Crippen molar-refractivity contribution >= 4 is 11.6 Å². The molecule has 1 aromatic heterocycles. The molecule has 0 aliphatic carbocycles. The lowest BCUT2D eigenvalue weighted by Gasteiger charge is -2.08. The molecule has 0 bridgehead atoms. The van der Waals surface area contributed by atoms with Crippen LogP contribution in [-0.4, -0.2) is 29.3 Å². The summed E-state index contributed by atoms with van der Waals surface area (Å²) in [5, 5.41) is 7.09. The third-order valence-electron chi connectivity index (χ3n) is 2.93. The highest BCUT2D eigenvalue weighted by molar-refractivity contribution is 5.95. The number of anilines is 1. The maximum absolute atomic E-state index is 12.0. The normalized spacial score (nSPS) is 10.3. The number of benzene rings is 1. The van der Waals surface area contributed by atoms with Gasteiger partial charge < -0.3 is 15.8 Å². The maximum Gasteiger partial charge on any atom is 0.251 e. The maximum atomic E-state index is 12.0. The summed E-state index contributed by atoms with van der Waals surface area (Å²) in [7, 11) is 3.39. The second-order valence-corrected chi connectivity index (χ2v) is 4.44. The van der Waals surface area contributed by atoms with Crippen molar-refractivity contribution in [3.8, 4) is 5.75 Å². The lowest BCUT2D eigenvalue weighted by molar-refractivity contribution is 0.0954. The van der Waals surface area contributed by atoms with E-state index in [1.54, 1.807) is 22.9 Å². The lowest BCUT2D eigenvalue weighted by Crippen LogP contribution is -2.25. The molecule has 0 saturated carbocycles. The van der Waals surface area contributed by atoms with E-state index in [1.165, 1.54) is 7.11 Å². The summed E-state index contributed by atoms with van der Waals surface area (Å²) in [6, 6.07) is 6.89. The van der Waals surface area contributed by atoms with E-state index < -0.39 is 0 Å². The Morgan fingerprint density at radius 2 is 2.25 bits per heavy atom. The van der Waals surface area contributed by atoms with Crippen molar-refractivity contribution in [2.24, 2.45) is 7.05 Å². The highest BCUT2D eigenvalue weighted by Gasteiger charge is 2.08. The van der Waals surface area contributed by atoms with Crippen molar-refractivity contribution in [3.63, 3.8) is 0 Å². The molecular weight excluding hydrogens is 256 g/mol. The summed E-state index contributed by atoms with van der Waals surface area (Å²) in [5.74, 6) is 0.349. The minimum atomic E-state index is -0.153. The number of nitrogens with one attached hydrogen (secondary N) is 1. The molecule has 0 atom stereocenters. The quantitative estimate of drug-likeness (QED) is 0.796. The Balaban J connectivity index is 1.91. The van der Waals surface area contributed by atoms with Crippen LogP contribution in [0.3, 0.4) is 0 Å². The van der Waals surface area contributed by atoms with Crippen LogP contribution in [0, 0.1) is 0 Å². The number of methoxy groups -OCH3 is 1. The van der Waals surface area contributed by atoms with Crippen LogP contribution in [0.1, 0.15) is 16.1 Å². The number of aromatic nitrogens is 2. The SMILES string of the molecule is COc1cc(C(=O)NCCc2ccn(C)n2)ccc1N. The molecule has 2 rings (SSSR count). The number of rotatable bonds is 5. The molecule has 1 heterocycles. The van der Waals surface area contributed by atoms with Crippen LogP contribution in [0.4, 0.5) is 5.69 Å². The van der Waals surface area contributed by atoms with Crippen molar-refractivity contribution in [2.75, 3.05) is 19.4 Å². The fraction of sp³-hybridized carbons (Fsp3) is 0.286. The Kier molecular flexibility index (Phi) is 4.24. The molecule has 0 spiro atoms. The van der Waals surface area contributed by atoms with E-state index in [1.807, 2.05) is 19.3 Å². The highest BCUT2D eigenvalue weighted by atomic mass is 16.5. The first kappa shape index (κ1) is 13.9. The number of carbonyl (C=O) groups is 1. The van der Waals surface area contributed by atoms with Crippen molar-refractivity contribution in [1.82, 2.24) is 15.1 Å². The van der Waals surface area contributed by atoms with E-state index in [-0.39, 0.29) is 5.91 Å². The molecule has 0 saturated heterocycles. The third-order valence-corrected chi connectivity index (χ3v) is 2.93. The standard InChI is InChI=1S/C14H18N4O2/c1-18-8-6-11(17-18)5-7-16-14(19)10-3-4-12(15)13(9-10)20-2/h3-4,6,8-9H,5,7,15H2,1-2H3,(H,16,19). The van der Waals surface area contributed by atoms with Gasteiger partial charge in [-0.25, -0.2) is 0 Å². The Bertz CT molecular complexity index is 607. The molecule has 0 aliphatic heterocycles. The van der Waals surface area contributed by atoms with Gasteiger partial charge >= 0.3 is 0 Å². The molecule has 20 heavy (non-hydrogen) atoms. The average molecular weight is 274 g/mol. The zero-order valence-corrected chi connectivity index (χ0v) is 11.6. The van der Waals surface area contributed by atoms with Crippen molar-refractivity contribution in [3.05, 3.63) is 41.7 Å². The van der Waals surface area contributed by atoms with Gasteiger partial charge in [-0.15, -0.1) is 0 Å². The van der Waals surface area contributed by atoms with Crippen molar-refractivity contribution < 1.29 is 9.53 Å². The molecule has 106 valence electrons. The second kappa shape index (κ2) is 6.10. The molecule has 0 radical (unpaired) electrons. The number of hydrogen-bond acceptors (Lipinski definition) is 4. The zero-order chi connectivity index (χ0) is 14.5. The van der Waals surface area contributed by atoms with E-state index in [9.17, 15) is 4.79 Å². The van der Waals surface area contributed by atoms with Gasteiger partial charge in [0.2, 0.25) is 0 Å². The van der Waals surface area contributed by atoms with E-state index in [0.717, 1.165) is 5.69 Å². The minimum absolute atomic E-state index is 0.153. The van der Waals surface area contributed by atoms with Gasteiger partial charge in [0.15, 0.2) is 0 Å². The number of hydrogen-bond donors (Lipinski definition) is 2. The van der Waals surface area contributed by atoms with E-state index >= 15 is 0 Å². The minimum Gasteiger partial charge on any atom is -0.495 e. The van der Waals surface area contributed by atoms with Crippen LogP contribution >= 0.6 is 0 Å². The predicted octanol–water partition coefficient (Wildman–Crippen LogP) is 0.983. The Hall–Kier alpha value is -2.50. The van der Waals surface area contributed by atoms with Crippen LogP contribution in [0.15, 0.2) is 30.5 Å². The van der Waals surface area contributed by atoms with E-state index in [0.29, 0.717) is 30.0 Å². The predicted molar refractivity (Wildman–Crippen MR) is 76.7 cm³/mol. The first-order chi connectivity index (χ1) is 9.60. The van der Waals surface area contributed by atoms with Gasteiger partial charge in [0.25, 0.3) is 5.91 Å². The number of aryl methyl sites for hydroxylation is 1. The summed E-state index contributed by atoms with van der Waals surface area (Å²) in [6.07, 6.45) is 2.57. The highest BCUT2D eigenvalue weighted by Crippen LogP contribution is 2.21. The van der Waals surface area contributed by atoms with Gasteiger partial charge in [0.1, 0.15) is 5.75 Å². The van der Waals surface area contributed by atoms with Crippen molar-refractivity contribution in [1.29, 1.82) is 0 Å². The molecule has 1 amide bonds. The van der Waals surface area contributed by atoms with Crippen LogP contribution in [0.25, 0.3) is 0 Å². The summed E-state index contributed by atoms with van der Waals surface area (Å²) in [6.45, 7) is 0.530. The van der Waals surface area contributed by atoms with Crippen LogP contribution in [-0.2, 0) is 13.5 Å². The fourth-order valence-corrected chi connectivity index (χ4v) is 1.86. The Morgan fingerprint density at radius 3 is 2.90 bits per heavy atom. The first-order valence-corrected chi connectivity index (χ1v) is 6.30. The molecule has 0 aliphatic rings. The average Bonchev–Trinajstić information content (AvgIpc) is 2.85. The Morgan fingerprint density at radius 1 is 1.45 bits per heavy atom. The van der Waals surface area contributed by atoms with E-state index in [4.69, 9.17) is 10.5 Å². The van der Waals surface area contributed by atoms with Crippen LogP contribution in [0.5, 0.6) is 5.75 Å². The molecule has 0 fully saturated rings. The molecule has 2 aromatic rings. The van der Waals surface area contributed by atoms with Gasteiger partial charge in [0.05, 0.1) is 18.5 Å². The molecule has 6 nitrogen and oxygen atoms in total. The second-order valence-electron chi connectivity index (χ2n) is 4.44. The van der Waals surface area contributed by atoms with Gasteiger partial charge in [0, 0.05) is 31.8 Å². The number of nitrogen functional groups attached to an aromatic ring is 1. The van der Waals surface area contributed by atoms with Crippen molar-refractivity contribution in [2.45, 2.75) is 6.42 Å². The Labute approximate surface area is 117 Å². The molecule has 3 N–H and O–H groups in total. The van der Waals surface area contributed by atoms with Gasteiger partial charge in [-0.1, -0.05) is 0 Å². The monoisotopic (exact) mass is 274 g/mol. The zero-order valence-electron chi connectivity index (χ0n) is 11.6. The molecule has 6 heteroatoms. The first-order valence-electron chi connectivity index (χ1n) is 6.30. The smallest absolute Gasteiger partial charge is 0.251 e. The topological polar surface area (TPSA) is 82.2 Å². The number of carbonyl (C=O) groups excluding carboxylic acids is 1.